The van der Waals surface area contributed by atoms with Crippen LogP contribution in [0.25, 0.3) is 0 Å². The minimum absolute atomic E-state index is 0.0682. The molecule has 36 heavy (non-hydrogen) atoms. The molecule has 1 aliphatic heterocycles. The van der Waals surface area contributed by atoms with E-state index >= 15 is 0 Å². The van der Waals surface area contributed by atoms with Crippen LogP contribution < -0.4 is 0 Å². The molecule has 1 saturated heterocycles. The lowest BCUT2D eigenvalue weighted by molar-refractivity contribution is -0.384. The SMILES string of the molecule is O=C(O)c1ccc([N+](=O)[O-])cc1CCCCN1CCC(OC(c2ccccc2)c2ccccc2)CC1. The quantitative estimate of drug-likeness (QED) is 0.206. The average molecular weight is 489 g/mol. The molecule has 0 spiro atoms. The number of piperidine rings is 1. The lowest BCUT2D eigenvalue weighted by Crippen LogP contribution is -2.38. The summed E-state index contributed by atoms with van der Waals surface area (Å²) >= 11 is 0. The first-order valence-corrected chi connectivity index (χ1v) is 12.5. The number of unbranched alkanes of at least 4 members (excludes halogenated alkanes) is 1. The Kier molecular flexibility index (Phi) is 8.81. The van der Waals surface area contributed by atoms with E-state index in [1.165, 1.54) is 18.2 Å². The second-order valence-electron chi connectivity index (χ2n) is 9.24. The zero-order valence-electron chi connectivity index (χ0n) is 20.3. The number of aromatic carboxylic acids is 1. The highest BCUT2D eigenvalue weighted by atomic mass is 16.6. The largest absolute Gasteiger partial charge is 0.478 e. The molecule has 1 aliphatic rings. The van der Waals surface area contributed by atoms with Gasteiger partial charge in [-0.3, -0.25) is 10.1 Å². The Morgan fingerprint density at radius 1 is 0.972 bits per heavy atom. The van der Waals surface area contributed by atoms with Gasteiger partial charge in [0.05, 0.1) is 16.6 Å². The molecule has 0 atom stereocenters. The highest BCUT2D eigenvalue weighted by Gasteiger charge is 2.24. The third kappa shape index (κ3) is 6.77. The average Bonchev–Trinajstić information content (AvgIpc) is 2.91. The standard InChI is InChI=1S/C29H32N2O5/c32-29(33)27-15-14-25(31(34)35)21-24(27)13-7-8-18-30-19-16-26(17-20-30)36-28(22-9-3-1-4-10-22)23-11-5-2-6-12-23/h1-6,9-12,14-15,21,26,28H,7-8,13,16-20H2,(H,32,33). The Labute approximate surface area is 211 Å². The molecule has 0 bridgehead atoms. The number of nitro benzene ring substituents is 1. The van der Waals surface area contributed by atoms with E-state index in [2.05, 4.69) is 29.2 Å². The highest BCUT2D eigenvalue weighted by Crippen LogP contribution is 2.30. The van der Waals surface area contributed by atoms with Gasteiger partial charge in [0.2, 0.25) is 0 Å². The third-order valence-corrected chi connectivity index (χ3v) is 6.77. The van der Waals surface area contributed by atoms with Gasteiger partial charge in [0.1, 0.15) is 6.10 Å². The smallest absolute Gasteiger partial charge is 0.335 e. The number of carboxylic acids is 1. The van der Waals surface area contributed by atoms with Crippen LogP contribution in [0.2, 0.25) is 0 Å². The number of hydrogen-bond donors (Lipinski definition) is 1. The van der Waals surface area contributed by atoms with E-state index in [4.69, 9.17) is 4.74 Å². The van der Waals surface area contributed by atoms with Gasteiger partial charge in [-0.1, -0.05) is 60.7 Å². The maximum Gasteiger partial charge on any atom is 0.335 e. The Balaban J connectivity index is 1.26. The summed E-state index contributed by atoms with van der Waals surface area (Å²) in [6.45, 7) is 2.83. The second kappa shape index (κ2) is 12.4. The summed E-state index contributed by atoms with van der Waals surface area (Å²) in [6.07, 6.45) is 4.23. The predicted octanol–water partition coefficient (Wildman–Crippen LogP) is 5.89. The molecule has 0 amide bonds. The van der Waals surface area contributed by atoms with E-state index < -0.39 is 10.9 Å². The van der Waals surface area contributed by atoms with Crippen molar-refractivity contribution in [1.29, 1.82) is 0 Å². The number of hydrogen-bond acceptors (Lipinski definition) is 5. The van der Waals surface area contributed by atoms with Gasteiger partial charge < -0.3 is 14.7 Å². The van der Waals surface area contributed by atoms with E-state index in [1.807, 2.05) is 36.4 Å². The first kappa shape index (κ1) is 25.5. The Bertz CT molecular complexity index is 1110. The summed E-state index contributed by atoms with van der Waals surface area (Å²) in [5.74, 6) is -1.05. The van der Waals surface area contributed by atoms with Crippen molar-refractivity contribution in [2.75, 3.05) is 19.6 Å². The summed E-state index contributed by atoms with van der Waals surface area (Å²) in [6, 6.07) is 24.7. The summed E-state index contributed by atoms with van der Waals surface area (Å²) < 4.78 is 6.62. The predicted molar refractivity (Wildman–Crippen MR) is 138 cm³/mol. The molecule has 188 valence electrons. The first-order chi connectivity index (χ1) is 17.5. The van der Waals surface area contributed by atoms with E-state index in [9.17, 15) is 20.0 Å². The summed E-state index contributed by atoms with van der Waals surface area (Å²) in [5.41, 5.74) is 2.92. The number of nitrogens with zero attached hydrogens (tertiary/aromatic N) is 2. The van der Waals surface area contributed by atoms with Gasteiger partial charge in [0.15, 0.2) is 0 Å². The van der Waals surface area contributed by atoms with Gasteiger partial charge in [0.25, 0.3) is 5.69 Å². The molecule has 3 aromatic rings. The van der Waals surface area contributed by atoms with Crippen molar-refractivity contribution in [2.24, 2.45) is 0 Å². The number of non-ortho nitro benzene ring substituents is 1. The summed E-state index contributed by atoms with van der Waals surface area (Å²) in [5, 5.41) is 20.5. The Morgan fingerprint density at radius 2 is 1.58 bits per heavy atom. The van der Waals surface area contributed by atoms with Crippen LogP contribution in [0.5, 0.6) is 0 Å². The zero-order chi connectivity index (χ0) is 25.3. The molecule has 3 aromatic carbocycles. The van der Waals surface area contributed by atoms with Crippen LogP contribution in [-0.2, 0) is 11.2 Å². The Morgan fingerprint density at radius 3 is 2.14 bits per heavy atom. The number of aryl methyl sites for hydroxylation is 1. The van der Waals surface area contributed by atoms with Crippen LogP contribution in [0.1, 0.15) is 58.8 Å². The maximum absolute atomic E-state index is 11.5. The fraction of sp³-hybridized carbons (Fsp3) is 0.345. The monoisotopic (exact) mass is 488 g/mol. The van der Waals surface area contributed by atoms with Crippen LogP contribution in [0.4, 0.5) is 5.69 Å². The number of ether oxygens (including phenoxy) is 1. The summed E-state index contributed by atoms with van der Waals surface area (Å²) in [7, 11) is 0. The lowest BCUT2D eigenvalue weighted by Gasteiger charge is -2.34. The molecule has 0 aliphatic carbocycles. The fourth-order valence-electron chi connectivity index (χ4n) is 4.83. The number of nitro groups is 1. The number of carbonyl (C=O) groups is 1. The molecule has 1 heterocycles. The number of rotatable bonds is 11. The highest BCUT2D eigenvalue weighted by molar-refractivity contribution is 5.89. The maximum atomic E-state index is 11.5. The van der Waals surface area contributed by atoms with E-state index in [0.717, 1.165) is 56.4 Å². The number of carboxylic acid groups (broad SMARTS) is 1. The van der Waals surface area contributed by atoms with Gasteiger partial charge in [-0.15, -0.1) is 0 Å². The van der Waals surface area contributed by atoms with Crippen molar-refractivity contribution in [3.8, 4) is 0 Å². The van der Waals surface area contributed by atoms with Crippen molar-refractivity contribution in [1.82, 2.24) is 4.90 Å². The third-order valence-electron chi connectivity index (χ3n) is 6.77. The van der Waals surface area contributed by atoms with Crippen molar-refractivity contribution in [3.63, 3.8) is 0 Å². The van der Waals surface area contributed by atoms with Crippen LogP contribution in [0, 0.1) is 10.1 Å². The van der Waals surface area contributed by atoms with Gasteiger partial charge in [-0.05, 0) is 61.4 Å². The van der Waals surface area contributed by atoms with E-state index in [0.29, 0.717) is 12.0 Å². The van der Waals surface area contributed by atoms with Crippen LogP contribution in [0.15, 0.2) is 78.9 Å². The molecule has 0 unspecified atom stereocenters. The van der Waals surface area contributed by atoms with Crippen LogP contribution in [-0.4, -0.2) is 46.6 Å². The van der Waals surface area contributed by atoms with Crippen molar-refractivity contribution in [2.45, 2.75) is 44.3 Å². The Hall–Kier alpha value is -3.55. The van der Waals surface area contributed by atoms with Crippen molar-refractivity contribution < 1.29 is 19.6 Å². The molecule has 7 nitrogen and oxygen atoms in total. The summed E-state index contributed by atoms with van der Waals surface area (Å²) in [4.78, 5) is 24.5. The van der Waals surface area contributed by atoms with Gasteiger partial charge >= 0.3 is 5.97 Å². The molecule has 1 N–H and O–H groups in total. The number of likely N-dealkylation sites (tertiary alicyclic amines) is 1. The minimum atomic E-state index is -1.05. The van der Waals surface area contributed by atoms with Crippen LogP contribution in [0.3, 0.4) is 0 Å². The number of benzene rings is 3. The van der Waals surface area contributed by atoms with Gasteiger partial charge in [0, 0.05) is 25.2 Å². The second-order valence-corrected chi connectivity index (χ2v) is 9.24. The van der Waals surface area contributed by atoms with E-state index in [-0.39, 0.29) is 23.5 Å². The van der Waals surface area contributed by atoms with Crippen LogP contribution >= 0.6 is 0 Å². The lowest BCUT2D eigenvalue weighted by atomic mass is 9.99. The molecular formula is C29H32N2O5. The molecule has 1 fully saturated rings. The molecule has 7 heteroatoms. The first-order valence-electron chi connectivity index (χ1n) is 12.5. The minimum Gasteiger partial charge on any atom is -0.478 e. The molecule has 4 rings (SSSR count). The molecule has 0 saturated carbocycles. The molecule has 0 aromatic heterocycles. The normalized spacial score (nSPS) is 14.7. The molecule has 0 radical (unpaired) electrons. The topological polar surface area (TPSA) is 92.9 Å². The fourth-order valence-corrected chi connectivity index (χ4v) is 4.83. The van der Waals surface area contributed by atoms with Crippen molar-refractivity contribution >= 4 is 11.7 Å². The molecular weight excluding hydrogens is 456 g/mol. The van der Waals surface area contributed by atoms with Gasteiger partial charge in [-0.2, -0.15) is 0 Å². The zero-order valence-corrected chi connectivity index (χ0v) is 20.3. The van der Waals surface area contributed by atoms with Gasteiger partial charge in [-0.25, -0.2) is 4.79 Å². The van der Waals surface area contributed by atoms with E-state index in [1.54, 1.807) is 0 Å². The van der Waals surface area contributed by atoms with Crippen molar-refractivity contribution in [3.05, 3.63) is 111 Å².